The Balaban J connectivity index is 1.55. The first kappa shape index (κ1) is 14.4. The summed E-state index contributed by atoms with van der Waals surface area (Å²) in [5.74, 6) is 0.595. The molecule has 0 saturated heterocycles. The maximum absolute atomic E-state index is 11.9. The molecule has 1 amide bonds. The lowest BCUT2D eigenvalue weighted by atomic mass is 10.1. The Morgan fingerprint density at radius 3 is 2.95 bits per heavy atom. The number of halogens is 2. The van der Waals surface area contributed by atoms with E-state index in [4.69, 9.17) is 23.2 Å². The Morgan fingerprint density at radius 1 is 1.48 bits per heavy atom. The number of aromatic nitrogens is 3. The summed E-state index contributed by atoms with van der Waals surface area (Å²) in [5, 5.41) is 12.1. The number of benzene rings is 1. The molecule has 1 aromatic heterocycles. The first-order valence-electron chi connectivity index (χ1n) is 6.64. The normalized spacial score (nSPS) is 20.3. The number of aryl methyl sites for hydroxylation is 1. The summed E-state index contributed by atoms with van der Waals surface area (Å²) in [5.41, 5.74) is 1.43. The molecule has 0 aliphatic heterocycles. The van der Waals surface area contributed by atoms with Crippen LogP contribution >= 0.6 is 23.2 Å². The van der Waals surface area contributed by atoms with Gasteiger partial charge in [0.25, 0.3) is 5.91 Å². The molecule has 3 rings (SSSR count). The van der Waals surface area contributed by atoms with Crippen molar-refractivity contribution in [1.82, 2.24) is 20.3 Å². The molecule has 21 heavy (non-hydrogen) atoms. The van der Waals surface area contributed by atoms with E-state index >= 15 is 0 Å². The first-order chi connectivity index (χ1) is 10.0. The van der Waals surface area contributed by atoms with Crippen LogP contribution in [-0.2, 0) is 7.05 Å². The summed E-state index contributed by atoms with van der Waals surface area (Å²) >= 11 is 12.1. The predicted octanol–water partition coefficient (Wildman–Crippen LogP) is 2.66. The van der Waals surface area contributed by atoms with Crippen LogP contribution in [0.1, 0.15) is 28.4 Å². The second-order valence-electron chi connectivity index (χ2n) is 5.20. The number of amides is 1. The average molecular weight is 325 g/mol. The molecule has 1 N–H and O–H groups in total. The standard InChI is InChI=1S/C14H14Cl2N4O/c1-20-18-7-13(19-20)14(21)17-6-8-4-11(8)10-3-2-9(15)5-12(10)16/h2-3,5,7-8,11H,4,6H2,1H3,(H,17,21)/t8-,11+/m0/s1. The van der Waals surface area contributed by atoms with Crippen molar-refractivity contribution in [2.24, 2.45) is 13.0 Å². The Bertz CT molecular complexity index is 685. The number of hydrogen-bond acceptors (Lipinski definition) is 3. The van der Waals surface area contributed by atoms with Gasteiger partial charge in [0.1, 0.15) is 0 Å². The molecule has 1 aliphatic carbocycles. The molecular weight excluding hydrogens is 311 g/mol. The topological polar surface area (TPSA) is 59.8 Å². The lowest BCUT2D eigenvalue weighted by molar-refractivity contribution is 0.0946. The minimum Gasteiger partial charge on any atom is -0.350 e. The molecule has 1 aromatic carbocycles. The highest BCUT2D eigenvalue weighted by molar-refractivity contribution is 6.35. The Hall–Kier alpha value is -1.59. The summed E-state index contributed by atoms with van der Waals surface area (Å²) in [6, 6.07) is 5.56. The van der Waals surface area contributed by atoms with E-state index in [1.165, 1.54) is 11.0 Å². The van der Waals surface area contributed by atoms with E-state index in [1.807, 2.05) is 12.1 Å². The van der Waals surface area contributed by atoms with E-state index in [9.17, 15) is 4.79 Å². The molecule has 5 nitrogen and oxygen atoms in total. The highest BCUT2D eigenvalue weighted by Crippen LogP contribution is 2.49. The summed E-state index contributed by atoms with van der Waals surface area (Å²) in [7, 11) is 1.68. The van der Waals surface area contributed by atoms with Crippen LogP contribution in [-0.4, -0.2) is 27.4 Å². The van der Waals surface area contributed by atoms with Crippen LogP contribution in [0.3, 0.4) is 0 Å². The number of rotatable bonds is 4. The van der Waals surface area contributed by atoms with E-state index in [0.29, 0.717) is 34.1 Å². The van der Waals surface area contributed by atoms with Crippen molar-refractivity contribution < 1.29 is 4.79 Å². The van der Waals surface area contributed by atoms with E-state index in [1.54, 1.807) is 13.1 Å². The Labute approximate surface area is 132 Å². The monoisotopic (exact) mass is 324 g/mol. The highest BCUT2D eigenvalue weighted by Gasteiger charge is 2.39. The summed E-state index contributed by atoms with van der Waals surface area (Å²) in [6.07, 6.45) is 2.47. The Kier molecular flexibility index (Phi) is 3.87. The van der Waals surface area contributed by atoms with Crippen molar-refractivity contribution in [3.8, 4) is 0 Å². The van der Waals surface area contributed by atoms with Gasteiger partial charge in [-0.05, 0) is 36.0 Å². The van der Waals surface area contributed by atoms with Gasteiger partial charge >= 0.3 is 0 Å². The molecule has 0 spiro atoms. The van der Waals surface area contributed by atoms with Crippen LogP contribution in [0, 0.1) is 5.92 Å². The molecule has 110 valence electrons. The Morgan fingerprint density at radius 2 is 2.29 bits per heavy atom. The van der Waals surface area contributed by atoms with Crippen molar-refractivity contribution in [2.75, 3.05) is 6.54 Å². The quantitative estimate of drug-likeness (QED) is 0.940. The SMILES string of the molecule is Cn1ncc(C(=O)NC[C@@H]2C[C@H]2c2ccc(Cl)cc2Cl)n1. The number of hydrogen-bond donors (Lipinski definition) is 1. The van der Waals surface area contributed by atoms with Crippen LogP contribution in [0.5, 0.6) is 0 Å². The van der Waals surface area contributed by atoms with Gasteiger partial charge < -0.3 is 5.32 Å². The summed E-state index contributed by atoms with van der Waals surface area (Å²) in [4.78, 5) is 13.2. The van der Waals surface area contributed by atoms with Crippen LogP contribution in [0.15, 0.2) is 24.4 Å². The lowest BCUT2D eigenvalue weighted by Gasteiger charge is -2.05. The van der Waals surface area contributed by atoms with E-state index < -0.39 is 0 Å². The van der Waals surface area contributed by atoms with Crippen molar-refractivity contribution in [3.05, 3.63) is 45.7 Å². The molecule has 1 heterocycles. The molecule has 7 heteroatoms. The second-order valence-corrected chi connectivity index (χ2v) is 6.04. The maximum Gasteiger partial charge on any atom is 0.273 e. The van der Waals surface area contributed by atoms with Crippen LogP contribution in [0.25, 0.3) is 0 Å². The van der Waals surface area contributed by atoms with Crippen molar-refractivity contribution in [1.29, 1.82) is 0 Å². The number of nitrogens with zero attached hydrogens (tertiary/aromatic N) is 3. The van der Waals surface area contributed by atoms with E-state index in [0.717, 1.165) is 12.0 Å². The molecule has 0 radical (unpaired) electrons. The van der Waals surface area contributed by atoms with Crippen molar-refractivity contribution in [3.63, 3.8) is 0 Å². The smallest absolute Gasteiger partial charge is 0.273 e. The van der Waals surface area contributed by atoms with Gasteiger partial charge in [0, 0.05) is 23.6 Å². The first-order valence-corrected chi connectivity index (χ1v) is 7.39. The molecule has 1 saturated carbocycles. The van der Waals surface area contributed by atoms with Gasteiger partial charge in [0.2, 0.25) is 0 Å². The van der Waals surface area contributed by atoms with Gasteiger partial charge in [-0.25, -0.2) is 0 Å². The van der Waals surface area contributed by atoms with Crippen molar-refractivity contribution >= 4 is 29.1 Å². The molecule has 0 bridgehead atoms. The van der Waals surface area contributed by atoms with Crippen LogP contribution < -0.4 is 5.32 Å². The van der Waals surface area contributed by atoms with Crippen LogP contribution in [0.4, 0.5) is 0 Å². The predicted molar refractivity (Wildman–Crippen MR) is 80.6 cm³/mol. The van der Waals surface area contributed by atoms with Gasteiger partial charge in [0.15, 0.2) is 5.69 Å². The van der Waals surface area contributed by atoms with Gasteiger partial charge in [-0.2, -0.15) is 9.90 Å². The van der Waals surface area contributed by atoms with E-state index in [2.05, 4.69) is 15.5 Å². The fourth-order valence-corrected chi connectivity index (χ4v) is 2.97. The number of nitrogens with one attached hydrogen (secondary N) is 1. The third-order valence-corrected chi connectivity index (χ3v) is 4.20. The molecular formula is C14H14Cl2N4O. The van der Waals surface area contributed by atoms with Gasteiger partial charge in [-0.15, -0.1) is 5.10 Å². The fraction of sp³-hybridized carbons (Fsp3) is 0.357. The zero-order chi connectivity index (χ0) is 15.0. The summed E-state index contributed by atoms with van der Waals surface area (Å²) < 4.78 is 0. The minimum absolute atomic E-state index is 0.198. The zero-order valence-electron chi connectivity index (χ0n) is 11.4. The maximum atomic E-state index is 11.9. The third-order valence-electron chi connectivity index (χ3n) is 3.64. The minimum atomic E-state index is -0.198. The average Bonchev–Trinajstić information content (AvgIpc) is 3.07. The zero-order valence-corrected chi connectivity index (χ0v) is 12.9. The molecule has 2 aromatic rings. The number of carbonyl (C=O) groups is 1. The van der Waals surface area contributed by atoms with Crippen LogP contribution in [0.2, 0.25) is 10.0 Å². The summed E-state index contributed by atoms with van der Waals surface area (Å²) in [6.45, 7) is 0.610. The number of carbonyl (C=O) groups excluding carboxylic acids is 1. The lowest BCUT2D eigenvalue weighted by Crippen LogP contribution is -2.26. The molecule has 1 fully saturated rings. The van der Waals surface area contributed by atoms with Gasteiger partial charge in [-0.1, -0.05) is 29.3 Å². The molecule has 1 aliphatic rings. The van der Waals surface area contributed by atoms with Gasteiger partial charge in [0.05, 0.1) is 6.20 Å². The van der Waals surface area contributed by atoms with Gasteiger partial charge in [-0.3, -0.25) is 4.79 Å². The van der Waals surface area contributed by atoms with E-state index in [-0.39, 0.29) is 5.91 Å². The second kappa shape index (κ2) is 5.66. The van der Waals surface area contributed by atoms with Crippen molar-refractivity contribution in [2.45, 2.75) is 12.3 Å². The third kappa shape index (κ3) is 3.19. The highest BCUT2D eigenvalue weighted by atomic mass is 35.5. The molecule has 0 unspecified atom stereocenters. The molecule has 2 atom stereocenters. The fourth-order valence-electron chi connectivity index (χ4n) is 2.42. The largest absolute Gasteiger partial charge is 0.350 e.